The van der Waals surface area contributed by atoms with E-state index in [9.17, 15) is 19.5 Å². The molecule has 1 N–H and O–H groups in total. The summed E-state index contributed by atoms with van der Waals surface area (Å²) in [5, 5.41) is 11.2. The van der Waals surface area contributed by atoms with Gasteiger partial charge in [0.2, 0.25) is 0 Å². The summed E-state index contributed by atoms with van der Waals surface area (Å²) in [5.41, 5.74) is 4.08. The maximum absolute atomic E-state index is 13.2. The van der Waals surface area contributed by atoms with Gasteiger partial charge in [-0.1, -0.05) is 6.92 Å². The van der Waals surface area contributed by atoms with Gasteiger partial charge in [-0.05, 0) is 50.3 Å². The lowest BCUT2D eigenvalue weighted by molar-refractivity contribution is -0.157. The van der Waals surface area contributed by atoms with Crippen molar-refractivity contribution in [2.45, 2.75) is 32.6 Å². The Balaban J connectivity index is 1.54. The van der Waals surface area contributed by atoms with Gasteiger partial charge in [0.25, 0.3) is 5.56 Å². The number of aliphatic hydroxyl groups excluding tert-OH is 1. The zero-order valence-electron chi connectivity index (χ0n) is 20.7. The number of likely N-dealkylation sites (N-methyl/N-ethyl adjacent to an activating group) is 2. The molecule has 4 heterocycles. The third kappa shape index (κ3) is 3.92. The molecule has 0 saturated heterocycles. The van der Waals surface area contributed by atoms with Crippen molar-refractivity contribution >= 4 is 23.0 Å². The van der Waals surface area contributed by atoms with Gasteiger partial charge in [0.15, 0.2) is 6.10 Å². The number of hydrogen-bond acceptors (Lipinski definition) is 8. The minimum Gasteiger partial charge on any atom is -0.458 e. The molecule has 2 aromatic heterocycles. The molecule has 1 atom stereocenters. The van der Waals surface area contributed by atoms with E-state index >= 15 is 0 Å². The van der Waals surface area contributed by atoms with Crippen LogP contribution >= 0.6 is 0 Å². The van der Waals surface area contributed by atoms with Gasteiger partial charge in [-0.25, -0.2) is 14.6 Å². The van der Waals surface area contributed by atoms with Gasteiger partial charge in [-0.15, -0.1) is 0 Å². The van der Waals surface area contributed by atoms with Crippen molar-refractivity contribution in [3.05, 3.63) is 56.9 Å². The van der Waals surface area contributed by atoms with Gasteiger partial charge in [0.1, 0.15) is 12.4 Å². The number of aliphatic hydroxyl groups is 1. The molecule has 1 aromatic carbocycles. The Kier molecular flexibility index (Phi) is 6.01. The van der Waals surface area contributed by atoms with Gasteiger partial charge in [0.05, 0.1) is 29.0 Å². The first-order valence-electron chi connectivity index (χ1n) is 11.8. The first-order chi connectivity index (χ1) is 17.2. The van der Waals surface area contributed by atoms with Crippen molar-refractivity contribution in [2.24, 2.45) is 0 Å². The lowest BCUT2D eigenvalue weighted by atomic mass is 9.97. The summed E-state index contributed by atoms with van der Waals surface area (Å²) < 4.78 is 12.2. The van der Waals surface area contributed by atoms with Crippen molar-refractivity contribution in [3.8, 4) is 17.1 Å². The van der Waals surface area contributed by atoms with Crippen molar-refractivity contribution in [1.29, 1.82) is 0 Å². The number of carbonyl (C=O) groups is 2. The minimum atomic E-state index is -1.49. The topological polar surface area (TPSA) is 114 Å². The number of aromatic nitrogens is 2. The van der Waals surface area contributed by atoms with Crippen LogP contribution in [0.1, 0.15) is 35.3 Å². The van der Waals surface area contributed by atoms with Crippen LogP contribution < -0.4 is 10.3 Å². The van der Waals surface area contributed by atoms with Gasteiger partial charge < -0.3 is 28.9 Å². The van der Waals surface area contributed by atoms with Crippen LogP contribution in [0, 0.1) is 0 Å². The number of aryl methyl sites for hydroxylation is 1. The summed E-state index contributed by atoms with van der Waals surface area (Å²) in [4.78, 5) is 46.0. The number of cyclic esters (lactones) is 1. The maximum Gasteiger partial charge on any atom is 0.415 e. The lowest BCUT2D eigenvalue weighted by Crippen LogP contribution is -2.35. The van der Waals surface area contributed by atoms with Crippen LogP contribution in [0.2, 0.25) is 0 Å². The molecule has 3 aromatic rings. The number of fused-ring (bicyclic) bond motifs is 5. The number of esters is 1. The van der Waals surface area contributed by atoms with Gasteiger partial charge in [0, 0.05) is 36.7 Å². The zero-order valence-corrected chi connectivity index (χ0v) is 20.7. The molecule has 188 valence electrons. The Labute approximate surface area is 207 Å². The molecule has 1 unspecified atom stereocenters. The fourth-order valence-corrected chi connectivity index (χ4v) is 4.77. The first kappa shape index (κ1) is 24.0. The van der Waals surface area contributed by atoms with Crippen molar-refractivity contribution in [2.75, 3.05) is 34.2 Å². The Morgan fingerprint density at radius 3 is 2.69 bits per heavy atom. The summed E-state index contributed by atoms with van der Waals surface area (Å²) >= 11 is 0. The minimum absolute atomic E-state index is 0.158. The molecule has 2 aliphatic rings. The number of benzene rings is 1. The maximum atomic E-state index is 13.2. The number of pyridine rings is 2. The van der Waals surface area contributed by atoms with E-state index in [4.69, 9.17) is 14.5 Å². The Bertz CT molecular complexity index is 1460. The van der Waals surface area contributed by atoms with Crippen LogP contribution in [0.4, 0.5) is 4.79 Å². The number of ether oxygens (including phenoxy) is 2. The lowest BCUT2D eigenvalue weighted by Gasteiger charge is -2.21. The van der Waals surface area contributed by atoms with Crippen LogP contribution in [0.25, 0.3) is 22.3 Å². The molecule has 10 heteroatoms. The average molecular weight is 493 g/mol. The van der Waals surface area contributed by atoms with E-state index < -0.39 is 18.2 Å². The van der Waals surface area contributed by atoms with E-state index in [2.05, 4.69) is 0 Å². The number of hydrogen-bond donors (Lipinski definition) is 1. The smallest absolute Gasteiger partial charge is 0.415 e. The highest BCUT2D eigenvalue weighted by Crippen LogP contribution is 2.38. The van der Waals surface area contributed by atoms with Gasteiger partial charge >= 0.3 is 12.1 Å². The Hall–Kier alpha value is -3.76. The molecule has 36 heavy (non-hydrogen) atoms. The van der Waals surface area contributed by atoms with Crippen molar-refractivity contribution in [3.63, 3.8) is 0 Å². The number of rotatable bonds is 5. The molecule has 1 amide bonds. The van der Waals surface area contributed by atoms with E-state index in [1.165, 1.54) is 4.90 Å². The zero-order chi connectivity index (χ0) is 25.7. The van der Waals surface area contributed by atoms with E-state index in [-0.39, 0.29) is 23.3 Å². The van der Waals surface area contributed by atoms with Gasteiger partial charge in [-0.3, -0.25) is 4.79 Å². The molecule has 0 spiro atoms. The van der Waals surface area contributed by atoms with Crippen LogP contribution in [-0.2, 0) is 29.1 Å². The van der Waals surface area contributed by atoms with E-state index in [0.717, 1.165) is 23.1 Å². The number of carbonyl (C=O) groups excluding carboxylic acids is 2. The molecule has 10 nitrogen and oxygen atoms in total. The standard InChI is InChI=1S/C26H28N4O6/c1-5-15-16-10-14(36-26(34)29(4)9-8-28(2)3)6-7-20(16)27-22-18(15)12-30-21(22)11-17-19(24(30)32)13-35-25(33)23(17)31/h6-7,10-11,23,31H,5,8-9,12-13H2,1-4H3. The normalized spacial score (nSPS) is 15.9. The highest BCUT2D eigenvalue weighted by molar-refractivity contribution is 5.90. The number of amides is 1. The monoisotopic (exact) mass is 492 g/mol. The third-order valence-electron chi connectivity index (χ3n) is 6.80. The summed E-state index contributed by atoms with van der Waals surface area (Å²) in [6, 6.07) is 6.98. The quantitative estimate of drug-likeness (QED) is 0.421. The molecule has 0 aliphatic carbocycles. The van der Waals surface area contributed by atoms with Crippen LogP contribution in [0.5, 0.6) is 5.75 Å². The Morgan fingerprint density at radius 2 is 1.97 bits per heavy atom. The molecule has 0 saturated carbocycles. The highest BCUT2D eigenvalue weighted by Gasteiger charge is 2.34. The predicted octanol–water partition coefficient (Wildman–Crippen LogP) is 2.07. The Morgan fingerprint density at radius 1 is 1.19 bits per heavy atom. The number of nitrogens with zero attached hydrogens (tertiary/aromatic N) is 4. The molecule has 5 rings (SSSR count). The third-order valence-corrected chi connectivity index (χ3v) is 6.80. The summed E-state index contributed by atoms with van der Waals surface area (Å²) in [6.07, 6.45) is -1.26. The van der Waals surface area contributed by atoms with Crippen LogP contribution in [0.3, 0.4) is 0 Å². The highest BCUT2D eigenvalue weighted by atomic mass is 16.6. The predicted molar refractivity (Wildman–Crippen MR) is 132 cm³/mol. The van der Waals surface area contributed by atoms with E-state index in [0.29, 0.717) is 42.2 Å². The molecule has 0 fully saturated rings. The summed E-state index contributed by atoms with van der Waals surface area (Å²) in [7, 11) is 5.58. The van der Waals surface area contributed by atoms with E-state index in [1.807, 2.05) is 32.0 Å². The molecule has 2 aliphatic heterocycles. The summed E-state index contributed by atoms with van der Waals surface area (Å²) in [5.74, 6) is -0.345. The molecular formula is C26H28N4O6. The fraction of sp³-hybridized carbons (Fsp3) is 0.385. The molecule has 0 radical (unpaired) electrons. The first-order valence-corrected chi connectivity index (χ1v) is 11.8. The SMILES string of the molecule is CCc1c2c(nc3ccc(OC(=O)N(C)CCN(C)C)cc13)-c1cc3c(c(=O)n1C2)COC(=O)C3O. The largest absolute Gasteiger partial charge is 0.458 e. The van der Waals surface area contributed by atoms with Crippen molar-refractivity contribution in [1.82, 2.24) is 19.4 Å². The van der Waals surface area contributed by atoms with E-state index in [1.54, 1.807) is 29.8 Å². The van der Waals surface area contributed by atoms with Crippen molar-refractivity contribution < 1.29 is 24.2 Å². The van der Waals surface area contributed by atoms with Gasteiger partial charge in [-0.2, -0.15) is 0 Å². The molecular weight excluding hydrogens is 464 g/mol. The van der Waals surface area contributed by atoms with Crippen LogP contribution in [0.15, 0.2) is 29.1 Å². The second-order valence-corrected chi connectivity index (χ2v) is 9.41. The average Bonchev–Trinajstić information content (AvgIpc) is 3.22. The second-order valence-electron chi connectivity index (χ2n) is 9.41. The van der Waals surface area contributed by atoms with Crippen LogP contribution in [-0.4, -0.2) is 70.8 Å². The molecule has 0 bridgehead atoms. The fourth-order valence-electron chi connectivity index (χ4n) is 4.77. The summed E-state index contributed by atoms with van der Waals surface area (Å²) in [6.45, 7) is 3.45. The second kappa shape index (κ2) is 9.03.